The first-order chi connectivity index (χ1) is 10.1. The summed E-state index contributed by atoms with van der Waals surface area (Å²) >= 11 is 0. The highest BCUT2D eigenvalue weighted by Gasteiger charge is 2.17. The molecular formula is C13H15N5O2S. The highest BCUT2D eigenvalue weighted by molar-refractivity contribution is 7.92. The van der Waals surface area contributed by atoms with Gasteiger partial charge in [-0.2, -0.15) is 0 Å². The van der Waals surface area contributed by atoms with E-state index in [4.69, 9.17) is 5.84 Å². The number of nitrogens with zero attached hydrogens (tertiary/aromatic N) is 2. The Kier molecular flexibility index (Phi) is 3.48. The van der Waals surface area contributed by atoms with E-state index in [1.54, 1.807) is 6.07 Å². The van der Waals surface area contributed by atoms with Gasteiger partial charge >= 0.3 is 0 Å². The Morgan fingerprint density at radius 3 is 2.52 bits per heavy atom. The largest absolute Gasteiger partial charge is 0.292 e. The summed E-state index contributed by atoms with van der Waals surface area (Å²) in [4.78, 5) is 7.58. The topological polar surface area (TPSA) is 110 Å². The normalized spacial score (nSPS) is 13.8. The maximum atomic E-state index is 12.3. The van der Waals surface area contributed by atoms with Crippen LogP contribution in [-0.4, -0.2) is 18.4 Å². The van der Waals surface area contributed by atoms with Gasteiger partial charge in [0.25, 0.3) is 10.0 Å². The molecule has 1 aliphatic rings. The van der Waals surface area contributed by atoms with Crippen LogP contribution in [0.3, 0.4) is 0 Å². The number of rotatable bonds is 4. The van der Waals surface area contributed by atoms with E-state index < -0.39 is 10.0 Å². The Bertz CT molecular complexity index is 759. The summed E-state index contributed by atoms with van der Waals surface area (Å²) in [5, 5.41) is 0. The molecule has 21 heavy (non-hydrogen) atoms. The lowest BCUT2D eigenvalue weighted by Crippen LogP contribution is -2.15. The average molecular weight is 305 g/mol. The summed E-state index contributed by atoms with van der Waals surface area (Å²) in [6.07, 6.45) is 5.58. The van der Waals surface area contributed by atoms with Crippen LogP contribution in [-0.2, 0) is 22.9 Å². The average Bonchev–Trinajstić information content (AvgIpc) is 2.94. The monoisotopic (exact) mass is 305 g/mol. The van der Waals surface area contributed by atoms with Crippen LogP contribution >= 0.6 is 0 Å². The van der Waals surface area contributed by atoms with Gasteiger partial charge in [0, 0.05) is 5.69 Å². The first-order valence-electron chi connectivity index (χ1n) is 6.52. The molecule has 0 fully saturated rings. The quantitative estimate of drug-likeness (QED) is 0.575. The smallest absolute Gasteiger partial charge is 0.264 e. The molecule has 0 unspecified atom stereocenters. The number of benzene rings is 1. The molecule has 0 bridgehead atoms. The maximum Gasteiger partial charge on any atom is 0.264 e. The van der Waals surface area contributed by atoms with Crippen LogP contribution < -0.4 is 16.0 Å². The summed E-state index contributed by atoms with van der Waals surface area (Å²) in [5.41, 5.74) is 5.29. The van der Waals surface area contributed by atoms with Crippen LogP contribution in [0.25, 0.3) is 0 Å². The third-order valence-corrected chi connectivity index (χ3v) is 4.75. The van der Waals surface area contributed by atoms with E-state index in [1.807, 2.05) is 12.1 Å². The third kappa shape index (κ3) is 2.81. The Labute approximate surface area is 122 Å². The van der Waals surface area contributed by atoms with E-state index in [2.05, 4.69) is 20.1 Å². The lowest BCUT2D eigenvalue weighted by atomic mass is 10.1. The van der Waals surface area contributed by atoms with E-state index in [9.17, 15) is 8.42 Å². The summed E-state index contributed by atoms with van der Waals surface area (Å²) in [5.74, 6) is 5.30. The lowest BCUT2D eigenvalue weighted by molar-refractivity contribution is 0.600. The number of sulfonamides is 1. The molecule has 4 N–H and O–H groups in total. The van der Waals surface area contributed by atoms with Crippen molar-refractivity contribution in [2.24, 2.45) is 5.84 Å². The molecular weight excluding hydrogens is 290 g/mol. The van der Waals surface area contributed by atoms with Gasteiger partial charge in [0.1, 0.15) is 4.90 Å². The van der Waals surface area contributed by atoms with Crippen molar-refractivity contribution in [3.05, 3.63) is 41.7 Å². The van der Waals surface area contributed by atoms with E-state index >= 15 is 0 Å². The van der Waals surface area contributed by atoms with Crippen LogP contribution in [0.15, 0.2) is 35.5 Å². The van der Waals surface area contributed by atoms with Crippen LogP contribution in [0.4, 0.5) is 11.6 Å². The molecule has 1 heterocycles. The minimum atomic E-state index is -3.70. The highest BCUT2D eigenvalue weighted by Crippen LogP contribution is 2.26. The zero-order chi connectivity index (χ0) is 14.9. The Hall–Kier alpha value is -2.19. The van der Waals surface area contributed by atoms with Gasteiger partial charge < -0.3 is 0 Å². The molecule has 3 rings (SSSR count). The van der Waals surface area contributed by atoms with E-state index in [0.717, 1.165) is 19.3 Å². The molecule has 7 nitrogen and oxygen atoms in total. The minimum absolute atomic E-state index is 0.0120. The van der Waals surface area contributed by atoms with Crippen LogP contribution in [0, 0.1) is 0 Å². The van der Waals surface area contributed by atoms with Crippen molar-refractivity contribution in [1.82, 2.24) is 9.97 Å². The van der Waals surface area contributed by atoms with Gasteiger partial charge in [-0.3, -0.25) is 10.1 Å². The predicted molar refractivity (Wildman–Crippen MR) is 79.1 cm³/mol. The van der Waals surface area contributed by atoms with Crippen molar-refractivity contribution < 1.29 is 8.42 Å². The second-order valence-corrected chi connectivity index (χ2v) is 6.51. The molecule has 0 spiro atoms. The number of aromatic nitrogens is 2. The number of aryl methyl sites for hydroxylation is 2. The molecule has 0 saturated carbocycles. The summed E-state index contributed by atoms with van der Waals surface area (Å²) in [6.45, 7) is 0. The van der Waals surface area contributed by atoms with Crippen molar-refractivity contribution >= 4 is 21.7 Å². The maximum absolute atomic E-state index is 12.3. The standard InChI is InChI=1S/C13H15N5O2S/c14-17-13-15-7-12(8-16-13)21(19,20)18-11-5-4-9-2-1-3-10(9)6-11/h4-8,18H,1-3,14H2,(H,15,16,17). The van der Waals surface area contributed by atoms with Crippen LogP contribution in [0.5, 0.6) is 0 Å². The number of nitrogen functional groups attached to an aromatic ring is 1. The molecule has 1 aromatic heterocycles. The molecule has 110 valence electrons. The number of hydrogen-bond acceptors (Lipinski definition) is 6. The number of nitrogens with two attached hydrogens (primary N) is 1. The number of hydrogen-bond donors (Lipinski definition) is 3. The molecule has 0 amide bonds. The number of hydrazine groups is 1. The minimum Gasteiger partial charge on any atom is -0.292 e. The zero-order valence-electron chi connectivity index (χ0n) is 11.2. The van der Waals surface area contributed by atoms with Crippen LogP contribution in [0.1, 0.15) is 17.5 Å². The number of fused-ring (bicyclic) bond motifs is 1. The van der Waals surface area contributed by atoms with E-state index in [-0.39, 0.29) is 10.8 Å². The first-order valence-corrected chi connectivity index (χ1v) is 8.00. The summed E-state index contributed by atoms with van der Waals surface area (Å²) in [7, 11) is -3.70. The van der Waals surface area contributed by atoms with Gasteiger partial charge in [-0.05, 0) is 42.5 Å². The number of nitrogens with one attached hydrogen (secondary N) is 2. The predicted octanol–water partition coefficient (Wildman–Crippen LogP) is 1.05. The lowest BCUT2D eigenvalue weighted by Gasteiger charge is -2.09. The van der Waals surface area contributed by atoms with Crippen LogP contribution in [0.2, 0.25) is 0 Å². The van der Waals surface area contributed by atoms with Gasteiger partial charge in [-0.25, -0.2) is 24.2 Å². The molecule has 0 atom stereocenters. The van der Waals surface area contributed by atoms with Gasteiger partial charge in [-0.15, -0.1) is 0 Å². The second-order valence-electron chi connectivity index (χ2n) is 4.83. The van der Waals surface area contributed by atoms with Crippen molar-refractivity contribution in [2.75, 3.05) is 10.1 Å². The Morgan fingerprint density at radius 1 is 1.10 bits per heavy atom. The second kappa shape index (κ2) is 5.30. The van der Waals surface area contributed by atoms with Gasteiger partial charge in [-0.1, -0.05) is 6.07 Å². The number of anilines is 2. The SMILES string of the molecule is NNc1ncc(S(=O)(=O)Nc2ccc3c(c2)CCC3)cn1. The third-order valence-electron chi connectivity index (χ3n) is 3.42. The van der Waals surface area contributed by atoms with Gasteiger partial charge in [0.05, 0.1) is 12.4 Å². The zero-order valence-corrected chi connectivity index (χ0v) is 12.0. The molecule has 2 aromatic rings. The fourth-order valence-electron chi connectivity index (χ4n) is 2.38. The Morgan fingerprint density at radius 2 is 1.81 bits per heavy atom. The summed E-state index contributed by atoms with van der Waals surface area (Å²) in [6, 6.07) is 5.63. The van der Waals surface area contributed by atoms with Gasteiger partial charge in [0.2, 0.25) is 5.95 Å². The molecule has 8 heteroatoms. The molecule has 0 aliphatic heterocycles. The van der Waals surface area contributed by atoms with Crippen molar-refractivity contribution in [2.45, 2.75) is 24.2 Å². The molecule has 1 aromatic carbocycles. The van der Waals surface area contributed by atoms with E-state index in [0.29, 0.717) is 5.69 Å². The molecule has 1 aliphatic carbocycles. The van der Waals surface area contributed by atoms with Gasteiger partial charge in [0.15, 0.2) is 0 Å². The van der Waals surface area contributed by atoms with Crippen molar-refractivity contribution in [1.29, 1.82) is 0 Å². The molecule has 0 radical (unpaired) electrons. The molecule has 0 saturated heterocycles. The first kappa shape index (κ1) is 13.8. The van der Waals surface area contributed by atoms with Crippen molar-refractivity contribution in [3.63, 3.8) is 0 Å². The fraction of sp³-hybridized carbons (Fsp3) is 0.231. The summed E-state index contributed by atoms with van der Waals surface area (Å²) < 4.78 is 27.1. The Balaban J connectivity index is 1.85. The van der Waals surface area contributed by atoms with Crippen molar-refractivity contribution in [3.8, 4) is 0 Å². The fourth-order valence-corrected chi connectivity index (χ4v) is 3.32. The highest BCUT2D eigenvalue weighted by atomic mass is 32.2. The van der Waals surface area contributed by atoms with E-state index in [1.165, 1.54) is 23.5 Å².